The minimum atomic E-state index is -1.13. The number of nitrogen functional groups attached to an aromatic ring is 2. The van der Waals surface area contributed by atoms with E-state index in [-0.39, 0.29) is 23.3 Å². The topological polar surface area (TPSA) is 171 Å². The molecule has 0 bridgehead atoms. The molecule has 1 aliphatic heterocycles. The van der Waals surface area contributed by atoms with Gasteiger partial charge >= 0.3 is 5.97 Å². The van der Waals surface area contributed by atoms with Crippen molar-refractivity contribution in [2.24, 2.45) is 10.9 Å². The van der Waals surface area contributed by atoms with E-state index in [1.54, 1.807) is 13.0 Å². The van der Waals surface area contributed by atoms with Crippen LogP contribution in [0.25, 0.3) is 0 Å². The summed E-state index contributed by atoms with van der Waals surface area (Å²) < 4.78 is 0. The molecule has 2 atom stereocenters. The van der Waals surface area contributed by atoms with E-state index >= 15 is 0 Å². The van der Waals surface area contributed by atoms with E-state index in [2.05, 4.69) is 15.0 Å². The van der Waals surface area contributed by atoms with Crippen LogP contribution in [0.1, 0.15) is 24.0 Å². The number of carboxylic acid groups (broad SMARTS) is 1. The third kappa shape index (κ3) is 2.73. The molecule has 0 aliphatic carbocycles. The Hall–Kier alpha value is -3.56. The zero-order chi connectivity index (χ0) is 18.3. The second-order valence-electron chi connectivity index (χ2n) is 5.60. The highest BCUT2D eigenvalue weighted by atomic mass is 16.6. The number of non-ortho nitro benzene ring substituents is 1. The smallest absolute Gasteiger partial charge is 0.313 e. The molecule has 10 heteroatoms. The Morgan fingerprint density at radius 3 is 2.68 bits per heavy atom. The Kier molecular flexibility index (Phi) is 3.79. The van der Waals surface area contributed by atoms with Gasteiger partial charge in [-0.15, -0.1) is 0 Å². The summed E-state index contributed by atoms with van der Waals surface area (Å²) in [4.78, 5) is 34.5. The molecule has 0 saturated carbocycles. The van der Waals surface area contributed by atoms with Crippen LogP contribution in [-0.2, 0) is 4.79 Å². The first-order valence-corrected chi connectivity index (χ1v) is 7.24. The highest BCUT2D eigenvalue weighted by Crippen LogP contribution is 2.44. The summed E-state index contributed by atoms with van der Waals surface area (Å²) >= 11 is 0. The minimum absolute atomic E-state index is 0.00139. The van der Waals surface area contributed by atoms with Crippen LogP contribution in [0.3, 0.4) is 0 Å². The van der Waals surface area contributed by atoms with Gasteiger partial charge in [0.2, 0.25) is 5.95 Å². The van der Waals surface area contributed by atoms with Crippen molar-refractivity contribution in [3.63, 3.8) is 0 Å². The Labute approximate surface area is 141 Å². The maximum Gasteiger partial charge on any atom is 0.313 e. The Morgan fingerprint density at radius 1 is 1.32 bits per heavy atom. The minimum Gasteiger partial charge on any atom is -0.481 e. The van der Waals surface area contributed by atoms with Crippen LogP contribution in [0.4, 0.5) is 23.3 Å². The summed E-state index contributed by atoms with van der Waals surface area (Å²) in [6.45, 7) is 1.56. The number of aromatic nitrogens is 2. The predicted octanol–water partition coefficient (Wildman–Crippen LogP) is 1.49. The van der Waals surface area contributed by atoms with E-state index in [4.69, 9.17) is 11.5 Å². The van der Waals surface area contributed by atoms with Gasteiger partial charge in [0.25, 0.3) is 5.69 Å². The third-order valence-electron chi connectivity index (χ3n) is 4.06. The number of benzene rings is 1. The lowest BCUT2D eigenvalue weighted by atomic mass is 9.77. The first kappa shape index (κ1) is 16.3. The molecule has 0 amide bonds. The molecule has 2 aromatic rings. The van der Waals surface area contributed by atoms with Crippen LogP contribution in [-0.4, -0.2) is 31.7 Å². The van der Waals surface area contributed by atoms with Crippen molar-refractivity contribution in [3.05, 3.63) is 45.5 Å². The quantitative estimate of drug-likeness (QED) is 0.556. The van der Waals surface area contributed by atoms with Crippen LogP contribution in [0.15, 0.2) is 29.3 Å². The second kappa shape index (κ2) is 5.82. The van der Waals surface area contributed by atoms with Gasteiger partial charge in [0.15, 0.2) is 5.82 Å². The SMILES string of the molecule is CC1=Nc2nc(N)nc(N)c2C(c2cccc([N+](=O)[O-])c2)C1C(=O)O. The molecule has 0 spiro atoms. The highest BCUT2D eigenvalue weighted by molar-refractivity contribution is 6.04. The molecule has 2 heterocycles. The summed E-state index contributed by atoms with van der Waals surface area (Å²) in [6, 6.07) is 5.73. The third-order valence-corrected chi connectivity index (χ3v) is 4.06. The number of carbonyl (C=O) groups is 1. The number of nitro groups is 1. The molecule has 128 valence electrons. The monoisotopic (exact) mass is 342 g/mol. The van der Waals surface area contributed by atoms with Crippen molar-refractivity contribution < 1.29 is 14.8 Å². The molecule has 3 rings (SSSR count). The van der Waals surface area contributed by atoms with Gasteiger partial charge in [0, 0.05) is 29.3 Å². The molecule has 0 saturated heterocycles. The van der Waals surface area contributed by atoms with Gasteiger partial charge in [0.1, 0.15) is 11.7 Å². The fraction of sp³-hybridized carbons (Fsp3) is 0.200. The Bertz CT molecular complexity index is 926. The number of anilines is 2. The number of hydrogen-bond acceptors (Lipinski definition) is 8. The average molecular weight is 342 g/mol. The zero-order valence-corrected chi connectivity index (χ0v) is 13.1. The van der Waals surface area contributed by atoms with E-state index in [0.29, 0.717) is 16.8 Å². The summed E-state index contributed by atoms with van der Waals surface area (Å²) in [5.41, 5.74) is 12.4. The van der Waals surface area contributed by atoms with Crippen molar-refractivity contribution >= 4 is 35.0 Å². The van der Waals surface area contributed by atoms with Gasteiger partial charge < -0.3 is 16.6 Å². The van der Waals surface area contributed by atoms with Gasteiger partial charge in [0.05, 0.1) is 4.92 Å². The number of nitro benzene ring substituents is 1. The maximum absolute atomic E-state index is 11.8. The molecule has 25 heavy (non-hydrogen) atoms. The summed E-state index contributed by atoms with van der Waals surface area (Å²) in [7, 11) is 0. The van der Waals surface area contributed by atoms with Crippen molar-refractivity contribution in [1.29, 1.82) is 0 Å². The number of aliphatic imine (C=N–C) groups is 1. The number of nitrogens with zero attached hydrogens (tertiary/aromatic N) is 4. The van der Waals surface area contributed by atoms with E-state index < -0.39 is 22.7 Å². The van der Waals surface area contributed by atoms with Crippen molar-refractivity contribution in [3.8, 4) is 0 Å². The lowest BCUT2D eigenvalue weighted by Crippen LogP contribution is -2.32. The molecule has 0 radical (unpaired) electrons. The molecule has 1 aromatic heterocycles. The van der Waals surface area contributed by atoms with Crippen molar-refractivity contribution in [2.75, 3.05) is 11.5 Å². The number of rotatable bonds is 3. The predicted molar refractivity (Wildman–Crippen MR) is 89.7 cm³/mol. The number of nitrogens with two attached hydrogens (primary N) is 2. The standard InChI is InChI=1S/C15H14N6O4/c1-6-9(14(22)23)10(7-3-2-4-8(5-7)21(24)25)11-12(16)19-15(17)20-13(11)18-6/h2-5,9-10H,1H3,(H,22,23)(H4,16,17,19,20). The second-order valence-corrected chi connectivity index (χ2v) is 5.60. The molecular formula is C15H14N6O4. The first-order valence-electron chi connectivity index (χ1n) is 7.24. The molecule has 10 nitrogen and oxygen atoms in total. The lowest BCUT2D eigenvalue weighted by Gasteiger charge is -2.29. The maximum atomic E-state index is 11.8. The summed E-state index contributed by atoms with van der Waals surface area (Å²) in [5, 5.41) is 20.7. The van der Waals surface area contributed by atoms with Crippen molar-refractivity contribution in [1.82, 2.24) is 9.97 Å². The van der Waals surface area contributed by atoms with E-state index in [1.165, 1.54) is 18.2 Å². The molecule has 0 fully saturated rings. The first-order chi connectivity index (χ1) is 11.8. The van der Waals surface area contributed by atoms with Crippen LogP contribution < -0.4 is 11.5 Å². The zero-order valence-electron chi connectivity index (χ0n) is 13.1. The van der Waals surface area contributed by atoms with Gasteiger partial charge in [-0.3, -0.25) is 14.9 Å². The summed E-state index contributed by atoms with van der Waals surface area (Å²) in [5.74, 6) is -2.90. The van der Waals surface area contributed by atoms with Crippen LogP contribution in [0.5, 0.6) is 0 Å². The van der Waals surface area contributed by atoms with Gasteiger partial charge in [-0.05, 0) is 12.5 Å². The number of fused-ring (bicyclic) bond motifs is 1. The van der Waals surface area contributed by atoms with Gasteiger partial charge in [-0.25, -0.2) is 4.99 Å². The van der Waals surface area contributed by atoms with Crippen molar-refractivity contribution in [2.45, 2.75) is 12.8 Å². The molecular weight excluding hydrogens is 328 g/mol. The lowest BCUT2D eigenvalue weighted by molar-refractivity contribution is -0.384. The Balaban J connectivity index is 2.29. The highest BCUT2D eigenvalue weighted by Gasteiger charge is 2.40. The van der Waals surface area contributed by atoms with E-state index in [9.17, 15) is 20.0 Å². The number of hydrogen-bond donors (Lipinski definition) is 3. The van der Waals surface area contributed by atoms with Gasteiger partial charge in [-0.2, -0.15) is 9.97 Å². The number of carboxylic acids is 1. The molecule has 1 aliphatic rings. The van der Waals surface area contributed by atoms with Crippen LogP contribution in [0.2, 0.25) is 0 Å². The largest absolute Gasteiger partial charge is 0.481 e. The normalized spacial score (nSPS) is 19.0. The Morgan fingerprint density at radius 2 is 2.04 bits per heavy atom. The van der Waals surface area contributed by atoms with Crippen LogP contribution >= 0.6 is 0 Å². The fourth-order valence-corrected chi connectivity index (χ4v) is 3.03. The van der Waals surface area contributed by atoms with E-state index in [0.717, 1.165) is 0 Å². The van der Waals surface area contributed by atoms with Crippen LogP contribution in [0, 0.1) is 16.0 Å². The molecule has 2 unspecified atom stereocenters. The van der Waals surface area contributed by atoms with Gasteiger partial charge in [-0.1, -0.05) is 12.1 Å². The number of aliphatic carboxylic acids is 1. The molecule has 1 aromatic carbocycles. The fourth-order valence-electron chi connectivity index (χ4n) is 3.03. The summed E-state index contributed by atoms with van der Waals surface area (Å²) in [6.07, 6.45) is 0. The van der Waals surface area contributed by atoms with E-state index in [1.807, 2.05) is 0 Å². The molecule has 5 N–H and O–H groups in total. The average Bonchev–Trinajstić information content (AvgIpc) is 2.52.